The molecule has 3 rings (SSSR count). The number of halogens is 1. The molecule has 2 N–H and O–H groups in total. The summed E-state index contributed by atoms with van der Waals surface area (Å²) < 4.78 is 10.8. The molecule has 2 fully saturated rings. The molecule has 0 spiro atoms. The minimum Gasteiger partial charge on any atom is -0.497 e. The van der Waals surface area contributed by atoms with Gasteiger partial charge in [0.1, 0.15) is 11.5 Å². The maximum atomic E-state index is 5.38. The van der Waals surface area contributed by atoms with Gasteiger partial charge in [0.25, 0.3) is 0 Å². The van der Waals surface area contributed by atoms with Crippen molar-refractivity contribution in [2.24, 2.45) is 10.9 Å². The molecular formula is C19H31IN4O2. The van der Waals surface area contributed by atoms with Crippen LogP contribution in [0.3, 0.4) is 0 Å². The number of hydrogen-bond donors (Lipinski definition) is 2. The Bertz CT molecular complexity index is 585. The van der Waals surface area contributed by atoms with Crippen LogP contribution in [0, 0.1) is 5.92 Å². The summed E-state index contributed by atoms with van der Waals surface area (Å²) >= 11 is 0. The number of rotatable bonds is 7. The minimum absolute atomic E-state index is 0. The lowest BCUT2D eigenvalue weighted by atomic mass is 10.2. The second-order valence-electron chi connectivity index (χ2n) is 6.88. The van der Waals surface area contributed by atoms with Gasteiger partial charge in [-0.05, 0) is 18.8 Å². The first kappa shape index (κ1) is 20.9. The van der Waals surface area contributed by atoms with Crippen LogP contribution in [-0.2, 0) is 0 Å². The summed E-state index contributed by atoms with van der Waals surface area (Å²) in [6.07, 6.45) is 5.13. The molecule has 0 bridgehead atoms. The molecule has 146 valence electrons. The van der Waals surface area contributed by atoms with Gasteiger partial charge in [-0.25, -0.2) is 0 Å². The van der Waals surface area contributed by atoms with Gasteiger partial charge in [0.05, 0.1) is 14.2 Å². The Balaban J connectivity index is 0.00000243. The first-order valence-corrected chi connectivity index (χ1v) is 9.17. The quantitative estimate of drug-likeness (QED) is 0.362. The van der Waals surface area contributed by atoms with Crippen molar-refractivity contribution in [2.45, 2.75) is 31.7 Å². The zero-order valence-corrected chi connectivity index (χ0v) is 18.3. The van der Waals surface area contributed by atoms with E-state index in [-0.39, 0.29) is 24.0 Å². The van der Waals surface area contributed by atoms with Gasteiger partial charge in [0.2, 0.25) is 0 Å². The summed E-state index contributed by atoms with van der Waals surface area (Å²) in [5.41, 5.74) is 1.14. The molecule has 1 aliphatic heterocycles. The Labute approximate surface area is 173 Å². The highest BCUT2D eigenvalue weighted by Gasteiger charge is 2.25. The molecule has 2 aliphatic rings. The van der Waals surface area contributed by atoms with E-state index in [0.717, 1.165) is 55.1 Å². The Morgan fingerprint density at radius 3 is 2.42 bits per heavy atom. The Kier molecular flexibility index (Phi) is 8.12. The van der Waals surface area contributed by atoms with E-state index in [1.807, 2.05) is 13.1 Å². The first-order valence-electron chi connectivity index (χ1n) is 9.17. The lowest BCUT2D eigenvalue weighted by molar-refractivity contribution is 0.394. The number of guanidine groups is 1. The normalized spacial score (nSPS) is 19.7. The van der Waals surface area contributed by atoms with Crippen LogP contribution in [0.5, 0.6) is 11.5 Å². The van der Waals surface area contributed by atoms with Crippen molar-refractivity contribution in [2.75, 3.05) is 45.8 Å². The number of nitrogens with one attached hydrogen (secondary N) is 2. The standard InChI is InChI=1S/C19H30N4O2.HI/c1-20-19(21-8-6-14-4-5-14)22-15-7-9-23(13-15)16-10-17(24-2)12-18(11-16)25-3;/h10-12,14-15H,4-9,13H2,1-3H3,(H2,20,21,22);1H. The highest BCUT2D eigenvalue weighted by Crippen LogP contribution is 2.32. The van der Waals surface area contributed by atoms with Crippen molar-refractivity contribution in [3.05, 3.63) is 18.2 Å². The van der Waals surface area contributed by atoms with Gasteiger partial charge < -0.3 is 25.0 Å². The van der Waals surface area contributed by atoms with Gasteiger partial charge in [-0.15, -0.1) is 24.0 Å². The largest absolute Gasteiger partial charge is 0.497 e. The van der Waals surface area contributed by atoms with E-state index in [9.17, 15) is 0 Å². The smallest absolute Gasteiger partial charge is 0.191 e. The van der Waals surface area contributed by atoms with E-state index >= 15 is 0 Å². The lowest BCUT2D eigenvalue weighted by Crippen LogP contribution is -2.44. The molecule has 7 heteroatoms. The molecule has 1 aromatic carbocycles. The number of methoxy groups -OCH3 is 2. The summed E-state index contributed by atoms with van der Waals surface area (Å²) in [5.74, 6) is 3.50. The maximum Gasteiger partial charge on any atom is 0.191 e. The molecule has 1 saturated carbocycles. The van der Waals surface area contributed by atoms with Crippen LogP contribution in [0.1, 0.15) is 25.7 Å². The van der Waals surface area contributed by atoms with Crippen LogP contribution in [-0.4, -0.2) is 52.9 Å². The predicted molar refractivity (Wildman–Crippen MR) is 117 cm³/mol. The number of aliphatic imine (C=N–C) groups is 1. The van der Waals surface area contributed by atoms with E-state index in [2.05, 4.69) is 32.7 Å². The molecule has 1 aromatic rings. The molecular weight excluding hydrogens is 443 g/mol. The molecule has 1 unspecified atom stereocenters. The summed E-state index contributed by atoms with van der Waals surface area (Å²) in [6, 6.07) is 6.42. The average Bonchev–Trinajstić information content (AvgIpc) is 3.36. The van der Waals surface area contributed by atoms with Crippen LogP contribution in [0.2, 0.25) is 0 Å². The number of nitrogens with zero attached hydrogens (tertiary/aromatic N) is 2. The van der Waals surface area contributed by atoms with Gasteiger partial charge in [-0.3, -0.25) is 4.99 Å². The van der Waals surface area contributed by atoms with Gasteiger partial charge in [-0.2, -0.15) is 0 Å². The summed E-state index contributed by atoms with van der Waals surface area (Å²) in [6.45, 7) is 2.96. The van der Waals surface area contributed by atoms with E-state index in [0.29, 0.717) is 6.04 Å². The monoisotopic (exact) mass is 474 g/mol. The van der Waals surface area contributed by atoms with Crippen molar-refractivity contribution in [1.82, 2.24) is 10.6 Å². The molecule has 0 amide bonds. The Morgan fingerprint density at radius 2 is 1.85 bits per heavy atom. The summed E-state index contributed by atoms with van der Waals surface area (Å²) in [7, 11) is 5.21. The number of hydrogen-bond acceptors (Lipinski definition) is 4. The molecule has 1 saturated heterocycles. The number of benzene rings is 1. The van der Waals surface area contributed by atoms with Crippen LogP contribution < -0.4 is 25.0 Å². The molecule has 1 heterocycles. The SMILES string of the molecule is CN=C(NCCC1CC1)NC1CCN(c2cc(OC)cc(OC)c2)C1.I. The maximum absolute atomic E-state index is 5.38. The van der Waals surface area contributed by atoms with Crippen LogP contribution in [0.25, 0.3) is 0 Å². The van der Waals surface area contributed by atoms with Crippen molar-refractivity contribution in [3.8, 4) is 11.5 Å². The zero-order chi connectivity index (χ0) is 17.6. The minimum atomic E-state index is 0. The average molecular weight is 474 g/mol. The van der Waals surface area contributed by atoms with Gasteiger partial charge in [0.15, 0.2) is 5.96 Å². The number of anilines is 1. The van der Waals surface area contributed by atoms with Crippen LogP contribution in [0.4, 0.5) is 5.69 Å². The molecule has 6 nitrogen and oxygen atoms in total. The molecule has 0 radical (unpaired) electrons. The summed E-state index contributed by atoms with van der Waals surface area (Å²) in [5, 5.41) is 6.99. The molecule has 1 atom stereocenters. The predicted octanol–water partition coefficient (Wildman–Crippen LogP) is 2.87. The Morgan fingerprint density at radius 1 is 1.15 bits per heavy atom. The fraction of sp³-hybridized carbons (Fsp3) is 0.632. The lowest BCUT2D eigenvalue weighted by Gasteiger charge is -2.21. The first-order chi connectivity index (χ1) is 12.2. The molecule has 26 heavy (non-hydrogen) atoms. The van der Waals surface area contributed by atoms with Gasteiger partial charge >= 0.3 is 0 Å². The van der Waals surface area contributed by atoms with Gasteiger partial charge in [0, 0.05) is 56.6 Å². The summed E-state index contributed by atoms with van der Waals surface area (Å²) in [4.78, 5) is 6.72. The van der Waals surface area contributed by atoms with Crippen LogP contribution in [0.15, 0.2) is 23.2 Å². The molecule has 1 aliphatic carbocycles. The van der Waals surface area contributed by atoms with Crippen molar-refractivity contribution < 1.29 is 9.47 Å². The zero-order valence-electron chi connectivity index (χ0n) is 16.0. The van der Waals surface area contributed by atoms with Crippen LogP contribution >= 0.6 is 24.0 Å². The fourth-order valence-corrected chi connectivity index (χ4v) is 3.28. The second-order valence-corrected chi connectivity index (χ2v) is 6.88. The number of ether oxygens (including phenoxy) is 2. The third-order valence-electron chi connectivity index (χ3n) is 5.00. The highest BCUT2D eigenvalue weighted by molar-refractivity contribution is 14.0. The topological polar surface area (TPSA) is 58.1 Å². The van der Waals surface area contributed by atoms with Crippen molar-refractivity contribution >= 4 is 35.6 Å². The van der Waals surface area contributed by atoms with E-state index in [1.165, 1.54) is 19.3 Å². The third-order valence-corrected chi connectivity index (χ3v) is 5.00. The van der Waals surface area contributed by atoms with E-state index in [1.54, 1.807) is 14.2 Å². The fourth-order valence-electron chi connectivity index (χ4n) is 3.28. The Hall–Kier alpha value is -1.38. The van der Waals surface area contributed by atoms with E-state index < -0.39 is 0 Å². The molecule has 0 aromatic heterocycles. The second kappa shape index (κ2) is 10.1. The van der Waals surface area contributed by atoms with Gasteiger partial charge in [-0.1, -0.05) is 12.8 Å². The van der Waals surface area contributed by atoms with E-state index in [4.69, 9.17) is 9.47 Å². The van der Waals surface area contributed by atoms with Crippen molar-refractivity contribution in [3.63, 3.8) is 0 Å². The van der Waals surface area contributed by atoms with Crippen molar-refractivity contribution in [1.29, 1.82) is 0 Å². The highest BCUT2D eigenvalue weighted by atomic mass is 127. The third kappa shape index (κ3) is 5.82.